The van der Waals surface area contributed by atoms with Crippen LogP contribution in [0.4, 0.5) is 20.3 Å². The predicted molar refractivity (Wildman–Crippen MR) is 116 cm³/mol. The molecule has 1 fully saturated rings. The number of esters is 1. The molecular formula is C23H22F2N4O3. The van der Waals surface area contributed by atoms with E-state index in [2.05, 4.69) is 15.3 Å². The van der Waals surface area contributed by atoms with Crippen LogP contribution < -0.4 is 10.2 Å². The normalized spacial score (nSPS) is 15.8. The minimum absolute atomic E-state index is 0.0920. The second-order valence-corrected chi connectivity index (χ2v) is 7.65. The van der Waals surface area contributed by atoms with Crippen molar-refractivity contribution in [2.24, 2.45) is 0 Å². The molecule has 0 aliphatic carbocycles. The first-order valence-electron chi connectivity index (χ1n) is 10.2. The molecule has 0 atom stereocenters. The molecule has 3 aromatic rings. The van der Waals surface area contributed by atoms with E-state index in [1.54, 1.807) is 47.6 Å². The van der Waals surface area contributed by atoms with Gasteiger partial charge in [0.05, 0.1) is 23.8 Å². The zero-order valence-corrected chi connectivity index (χ0v) is 17.5. The van der Waals surface area contributed by atoms with Gasteiger partial charge in [-0.25, -0.2) is 18.6 Å². The van der Waals surface area contributed by atoms with Crippen LogP contribution in [0.5, 0.6) is 0 Å². The molecule has 1 aromatic carbocycles. The second kappa shape index (κ2) is 8.86. The number of halogens is 2. The number of hydrogen-bond acceptors (Lipinski definition) is 6. The van der Waals surface area contributed by atoms with Gasteiger partial charge in [0.1, 0.15) is 5.82 Å². The Labute approximate surface area is 183 Å². The molecule has 2 aromatic heterocycles. The van der Waals surface area contributed by atoms with Crippen molar-refractivity contribution in [3.05, 3.63) is 59.9 Å². The number of carbonyl (C=O) groups excluding carboxylic acids is 2. The van der Waals surface area contributed by atoms with Crippen LogP contribution in [0.25, 0.3) is 10.9 Å². The number of alkyl halides is 2. The number of nitrogens with one attached hydrogen (secondary N) is 1. The number of fused-ring (bicyclic) bond motifs is 1. The number of nitrogens with zero attached hydrogens (tertiary/aromatic N) is 3. The molecule has 0 spiro atoms. The highest BCUT2D eigenvalue weighted by atomic mass is 19.3. The van der Waals surface area contributed by atoms with Gasteiger partial charge in [-0.2, -0.15) is 0 Å². The molecule has 9 heteroatoms. The molecule has 166 valence electrons. The van der Waals surface area contributed by atoms with Crippen LogP contribution in [0.2, 0.25) is 0 Å². The third-order valence-corrected chi connectivity index (χ3v) is 5.40. The molecule has 4 rings (SSSR count). The Balaban J connectivity index is 1.70. The number of hydrogen-bond donors (Lipinski definition) is 1. The number of rotatable bonds is 4. The summed E-state index contributed by atoms with van der Waals surface area (Å²) in [6.07, 6.45) is 2.99. The summed E-state index contributed by atoms with van der Waals surface area (Å²) in [5.41, 5.74) is 1.56. The number of benzene rings is 1. The Bertz CT molecular complexity index is 1170. The van der Waals surface area contributed by atoms with Gasteiger partial charge in [-0.05, 0) is 36.8 Å². The zero-order chi connectivity index (χ0) is 22.7. The van der Waals surface area contributed by atoms with E-state index >= 15 is 0 Å². The summed E-state index contributed by atoms with van der Waals surface area (Å²) in [6, 6.07) is 9.73. The van der Waals surface area contributed by atoms with Crippen molar-refractivity contribution < 1.29 is 23.1 Å². The van der Waals surface area contributed by atoms with E-state index in [0.717, 1.165) is 0 Å². The summed E-state index contributed by atoms with van der Waals surface area (Å²) in [5, 5.41) is 3.43. The molecule has 3 heterocycles. The van der Waals surface area contributed by atoms with Crippen molar-refractivity contribution in [1.82, 2.24) is 9.97 Å². The summed E-state index contributed by atoms with van der Waals surface area (Å²) in [5.74, 6) is -3.36. The van der Waals surface area contributed by atoms with Gasteiger partial charge in [0.2, 0.25) is 5.92 Å². The van der Waals surface area contributed by atoms with Crippen molar-refractivity contribution in [3.63, 3.8) is 0 Å². The summed E-state index contributed by atoms with van der Waals surface area (Å²) in [6.45, 7) is 0.464. The van der Waals surface area contributed by atoms with E-state index in [1.807, 2.05) is 0 Å². The van der Waals surface area contributed by atoms with Crippen molar-refractivity contribution in [3.8, 4) is 0 Å². The number of amides is 1. The minimum Gasteiger partial charge on any atom is -0.465 e. The Hall–Kier alpha value is -3.62. The maximum absolute atomic E-state index is 13.9. The molecule has 7 nitrogen and oxygen atoms in total. The van der Waals surface area contributed by atoms with E-state index < -0.39 is 17.8 Å². The summed E-state index contributed by atoms with van der Waals surface area (Å²) in [4.78, 5) is 35.4. The highest BCUT2D eigenvalue weighted by Gasteiger charge is 2.33. The molecule has 1 aliphatic rings. The molecule has 1 amide bonds. The summed E-state index contributed by atoms with van der Waals surface area (Å²) < 4.78 is 32.5. The van der Waals surface area contributed by atoms with Crippen LogP contribution in [0.3, 0.4) is 0 Å². The van der Waals surface area contributed by atoms with Gasteiger partial charge in [0, 0.05) is 49.4 Å². The van der Waals surface area contributed by atoms with E-state index in [-0.39, 0.29) is 24.9 Å². The van der Waals surface area contributed by atoms with Crippen LogP contribution in [0.1, 0.15) is 40.0 Å². The average Bonchev–Trinajstić information content (AvgIpc) is 2.98. The zero-order valence-electron chi connectivity index (χ0n) is 17.5. The molecule has 32 heavy (non-hydrogen) atoms. The van der Waals surface area contributed by atoms with Crippen LogP contribution in [-0.2, 0) is 4.74 Å². The molecule has 1 saturated heterocycles. The maximum atomic E-state index is 13.9. The fourth-order valence-electron chi connectivity index (χ4n) is 3.73. The molecule has 0 bridgehead atoms. The Morgan fingerprint density at radius 3 is 2.81 bits per heavy atom. The molecule has 0 unspecified atom stereocenters. The highest BCUT2D eigenvalue weighted by Crippen LogP contribution is 2.32. The minimum atomic E-state index is -2.73. The lowest BCUT2D eigenvalue weighted by Gasteiger charge is -2.24. The van der Waals surface area contributed by atoms with Crippen LogP contribution in [0, 0.1) is 0 Å². The van der Waals surface area contributed by atoms with E-state index in [1.165, 1.54) is 13.2 Å². The maximum Gasteiger partial charge on any atom is 0.337 e. The van der Waals surface area contributed by atoms with Gasteiger partial charge >= 0.3 is 5.97 Å². The molecule has 0 saturated carbocycles. The first-order chi connectivity index (χ1) is 15.4. The van der Waals surface area contributed by atoms with E-state index in [4.69, 9.17) is 4.74 Å². The lowest BCUT2D eigenvalue weighted by molar-refractivity contribution is -0.0102. The van der Waals surface area contributed by atoms with Gasteiger partial charge in [0.15, 0.2) is 0 Å². The largest absolute Gasteiger partial charge is 0.465 e. The molecule has 1 aliphatic heterocycles. The number of methoxy groups -OCH3 is 1. The van der Waals surface area contributed by atoms with E-state index in [9.17, 15) is 18.4 Å². The fraction of sp³-hybridized carbons (Fsp3) is 0.304. The standard InChI is InChI=1S/C23H22F2N4O3/c1-32-22(31)15-4-2-5-17(12-15)27-21(30)18-13-16-14-26-9-6-19(16)28-20(18)29-10-3-7-23(24,25)8-11-29/h2,4-6,9,12-14H,3,7-8,10-11H2,1H3,(H,27,30). The first kappa shape index (κ1) is 21.6. The predicted octanol–water partition coefficient (Wildman–Crippen LogP) is 4.29. The Kier molecular flexibility index (Phi) is 5.98. The van der Waals surface area contributed by atoms with Gasteiger partial charge < -0.3 is 15.0 Å². The first-order valence-corrected chi connectivity index (χ1v) is 10.2. The monoisotopic (exact) mass is 440 g/mol. The summed E-state index contributed by atoms with van der Waals surface area (Å²) in [7, 11) is 1.28. The Morgan fingerprint density at radius 1 is 1.16 bits per heavy atom. The van der Waals surface area contributed by atoms with Crippen molar-refractivity contribution in [2.45, 2.75) is 25.2 Å². The smallest absolute Gasteiger partial charge is 0.337 e. The number of anilines is 2. The van der Waals surface area contributed by atoms with E-state index in [0.29, 0.717) is 40.9 Å². The van der Waals surface area contributed by atoms with Gasteiger partial charge in [-0.3, -0.25) is 9.78 Å². The van der Waals surface area contributed by atoms with Crippen molar-refractivity contribution in [1.29, 1.82) is 0 Å². The average molecular weight is 440 g/mol. The number of pyridine rings is 2. The number of ether oxygens (including phenoxy) is 1. The van der Waals surface area contributed by atoms with Crippen LogP contribution >= 0.6 is 0 Å². The fourth-order valence-corrected chi connectivity index (χ4v) is 3.73. The highest BCUT2D eigenvalue weighted by molar-refractivity contribution is 6.10. The SMILES string of the molecule is COC(=O)c1cccc(NC(=O)c2cc3cnccc3nc2N2CCCC(F)(F)CC2)c1. The van der Waals surface area contributed by atoms with Crippen molar-refractivity contribution in [2.75, 3.05) is 30.4 Å². The number of aromatic nitrogens is 2. The lowest BCUT2D eigenvalue weighted by atomic mass is 10.1. The van der Waals surface area contributed by atoms with Gasteiger partial charge in [0.25, 0.3) is 5.91 Å². The van der Waals surface area contributed by atoms with Crippen molar-refractivity contribution >= 4 is 34.3 Å². The van der Waals surface area contributed by atoms with Crippen LogP contribution in [-0.4, -0.2) is 48.0 Å². The van der Waals surface area contributed by atoms with Gasteiger partial charge in [-0.15, -0.1) is 0 Å². The lowest BCUT2D eigenvalue weighted by Crippen LogP contribution is -2.29. The third-order valence-electron chi connectivity index (χ3n) is 5.40. The van der Waals surface area contributed by atoms with Crippen LogP contribution in [0.15, 0.2) is 48.8 Å². The molecule has 0 radical (unpaired) electrons. The topological polar surface area (TPSA) is 84.4 Å². The summed E-state index contributed by atoms with van der Waals surface area (Å²) >= 11 is 0. The number of carbonyl (C=O) groups is 2. The second-order valence-electron chi connectivity index (χ2n) is 7.65. The van der Waals surface area contributed by atoms with Gasteiger partial charge in [-0.1, -0.05) is 6.07 Å². The molecule has 1 N–H and O–H groups in total. The Morgan fingerprint density at radius 2 is 2.00 bits per heavy atom. The molecular weight excluding hydrogens is 418 g/mol. The third kappa shape index (κ3) is 4.66. The quantitative estimate of drug-likeness (QED) is 0.609.